The van der Waals surface area contributed by atoms with Crippen LogP contribution >= 0.6 is 0 Å². The number of aryl methyl sites for hydroxylation is 1. The fourth-order valence-corrected chi connectivity index (χ4v) is 1.64. The molecule has 0 spiro atoms. The molecule has 0 saturated carbocycles. The molecule has 0 fully saturated rings. The number of hydrogen-bond acceptors (Lipinski definition) is 2. The molecule has 4 nitrogen and oxygen atoms in total. The topological polar surface area (TPSA) is 49.4 Å². The van der Waals surface area contributed by atoms with Gasteiger partial charge < -0.3 is 10.2 Å². The number of benzene rings is 1. The number of nitrogens with one attached hydrogen (secondary N) is 1. The molecule has 0 aliphatic heterocycles. The summed E-state index contributed by atoms with van der Waals surface area (Å²) in [5.41, 5.74) is 1.74. The minimum absolute atomic E-state index is 0.0236. The van der Waals surface area contributed by atoms with Crippen molar-refractivity contribution in [3.63, 3.8) is 0 Å². The largest absolute Gasteiger partial charge is 0.350 e. The molecule has 4 heteroatoms. The van der Waals surface area contributed by atoms with Crippen LogP contribution in [0.3, 0.4) is 0 Å². The van der Waals surface area contributed by atoms with Crippen molar-refractivity contribution in [2.45, 2.75) is 13.8 Å². The molecular weight excluding hydrogens is 240 g/mol. The summed E-state index contributed by atoms with van der Waals surface area (Å²) in [6, 6.07) is 7.37. The maximum Gasteiger partial charge on any atom is 0.251 e. The summed E-state index contributed by atoms with van der Waals surface area (Å²) >= 11 is 0. The van der Waals surface area contributed by atoms with E-state index in [9.17, 15) is 9.59 Å². The van der Waals surface area contributed by atoms with Crippen LogP contribution < -0.4 is 5.32 Å². The standard InChI is InChI=1S/C15H20N2O2/c1-4-10-17(13(3)18)11-9-16-15(19)14-7-5-12(2)6-8-14/h4-8H,1,9-11H2,2-3H3,(H,16,19). The summed E-state index contributed by atoms with van der Waals surface area (Å²) in [6.07, 6.45) is 1.67. The number of carbonyl (C=O) groups excluding carboxylic acids is 2. The van der Waals surface area contributed by atoms with Crippen molar-refractivity contribution in [1.82, 2.24) is 10.2 Å². The average molecular weight is 260 g/mol. The van der Waals surface area contributed by atoms with E-state index in [1.165, 1.54) is 6.92 Å². The summed E-state index contributed by atoms with van der Waals surface area (Å²) in [7, 11) is 0. The lowest BCUT2D eigenvalue weighted by Gasteiger charge is -2.19. The van der Waals surface area contributed by atoms with Gasteiger partial charge in [-0.25, -0.2) is 0 Å². The zero-order valence-corrected chi connectivity index (χ0v) is 11.5. The highest BCUT2D eigenvalue weighted by Gasteiger charge is 2.08. The molecule has 19 heavy (non-hydrogen) atoms. The van der Waals surface area contributed by atoms with Crippen molar-refractivity contribution < 1.29 is 9.59 Å². The van der Waals surface area contributed by atoms with Crippen molar-refractivity contribution in [3.05, 3.63) is 48.0 Å². The van der Waals surface area contributed by atoms with Crippen LogP contribution in [0.15, 0.2) is 36.9 Å². The van der Waals surface area contributed by atoms with Crippen molar-refractivity contribution in [1.29, 1.82) is 0 Å². The molecule has 0 radical (unpaired) electrons. The van der Waals surface area contributed by atoms with Gasteiger partial charge in [0.1, 0.15) is 0 Å². The minimum atomic E-state index is -0.123. The molecule has 0 unspecified atom stereocenters. The van der Waals surface area contributed by atoms with E-state index in [1.54, 1.807) is 23.1 Å². The van der Waals surface area contributed by atoms with E-state index in [0.29, 0.717) is 25.2 Å². The van der Waals surface area contributed by atoms with E-state index in [4.69, 9.17) is 0 Å². The Kier molecular flexibility index (Phi) is 5.79. The van der Waals surface area contributed by atoms with Gasteiger partial charge in [0.05, 0.1) is 0 Å². The maximum absolute atomic E-state index is 11.8. The summed E-state index contributed by atoms with van der Waals surface area (Å²) in [5, 5.41) is 2.80. The monoisotopic (exact) mass is 260 g/mol. The van der Waals surface area contributed by atoms with Gasteiger partial charge in [0, 0.05) is 32.1 Å². The van der Waals surface area contributed by atoms with Crippen LogP contribution in [0.25, 0.3) is 0 Å². The maximum atomic E-state index is 11.8. The van der Waals surface area contributed by atoms with Gasteiger partial charge in [-0.15, -0.1) is 6.58 Å². The molecule has 0 aliphatic rings. The third-order valence-corrected chi connectivity index (χ3v) is 2.78. The van der Waals surface area contributed by atoms with Crippen molar-refractivity contribution in [3.8, 4) is 0 Å². The molecule has 0 aliphatic carbocycles. The predicted octanol–water partition coefficient (Wildman–Crippen LogP) is 1.76. The fraction of sp³-hybridized carbons (Fsp3) is 0.333. The van der Waals surface area contributed by atoms with Crippen LogP contribution in [-0.4, -0.2) is 36.3 Å². The second-order valence-electron chi connectivity index (χ2n) is 4.38. The summed E-state index contributed by atoms with van der Waals surface area (Å²) in [6.45, 7) is 8.49. The van der Waals surface area contributed by atoms with Gasteiger partial charge in [-0.05, 0) is 19.1 Å². The van der Waals surface area contributed by atoms with Crippen LogP contribution in [0.4, 0.5) is 0 Å². The number of rotatable bonds is 6. The summed E-state index contributed by atoms with van der Waals surface area (Å²) in [4.78, 5) is 24.7. The Morgan fingerprint density at radius 2 is 1.95 bits per heavy atom. The number of carbonyl (C=O) groups is 2. The molecular formula is C15H20N2O2. The van der Waals surface area contributed by atoms with E-state index in [0.717, 1.165) is 5.56 Å². The Bertz CT molecular complexity index is 452. The minimum Gasteiger partial charge on any atom is -0.350 e. The zero-order valence-electron chi connectivity index (χ0n) is 11.5. The van der Waals surface area contributed by atoms with Crippen LogP contribution in [0.5, 0.6) is 0 Å². The highest BCUT2D eigenvalue weighted by Crippen LogP contribution is 2.02. The Balaban J connectivity index is 2.43. The summed E-state index contributed by atoms with van der Waals surface area (Å²) < 4.78 is 0. The van der Waals surface area contributed by atoms with E-state index >= 15 is 0 Å². The highest BCUT2D eigenvalue weighted by atomic mass is 16.2. The van der Waals surface area contributed by atoms with Crippen LogP contribution in [0.2, 0.25) is 0 Å². The Hall–Kier alpha value is -2.10. The van der Waals surface area contributed by atoms with Crippen LogP contribution in [-0.2, 0) is 4.79 Å². The third-order valence-electron chi connectivity index (χ3n) is 2.78. The average Bonchev–Trinajstić information content (AvgIpc) is 2.38. The zero-order chi connectivity index (χ0) is 14.3. The first-order chi connectivity index (χ1) is 9.04. The molecule has 1 aromatic carbocycles. The second kappa shape index (κ2) is 7.36. The first-order valence-corrected chi connectivity index (χ1v) is 6.26. The molecule has 1 aromatic rings. The number of hydrogen-bond donors (Lipinski definition) is 1. The Morgan fingerprint density at radius 1 is 1.32 bits per heavy atom. The van der Waals surface area contributed by atoms with Gasteiger partial charge in [-0.2, -0.15) is 0 Å². The molecule has 0 bridgehead atoms. The van der Waals surface area contributed by atoms with E-state index in [2.05, 4.69) is 11.9 Å². The van der Waals surface area contributed by atoms with Crippen molar-refractivity contribution >= 4 is 11.8 Å². The number of nitrogens with zero attached hydrogens (tertiary/aromatic N) is 1. The molecule has 0 atom stereocenters. The normalized spacial score (nSPS) is 9.79. The second-order valence-corrected chi connectivity index (χ2v) is 4.38. The fourth-order valence-electron chi connectivity index (χ4n) is 1.64. The van der Waals surface area contributed by atoms with Gasteiger partial charge >= 0.3 is 0 Å². The van der Waals surface area contributed by atoms with E-state index in [1.807, 2.05) is 19.1 Å². The Morgan fingerprint density at radius 3 is 2.47 bits per heavy atom. The van der Waals surface area contributed by atoms with Crippen LogP contribution in [0.1, 0.15) is 22.8 Å². The van der Waals surface area contributed by atoms with Crippen molar-refractivity contribution in [2.75, 3.05) is 19.6 Å². The lowest BCUT2D eigenvalue weighted by molar-refractivity contribution is -0.128. The molecule has 102 valence electrons. The van der Waals surface area contributed by atoms with Gasteiger partial charge in [-0.1, -0.05) is 23.8 Å². The molecule has 0 saturated heterocycles. The smallest absolute Gasteiger partial charge is 0.251 e. The van der Waals surface area contributed by atoms with Gasteiger partial charge in [0.25, 0.3) is 5.91 Å². The Labute approximate surface area is 114 Å². The molecule has 1 rings (SSSR count). The van der Waals surface area contributed by atoms with Crippen LogP contribution in [0, 0.1) is 6.92 Å². The lowest BCUT2D eigenvalue weighted by atomic mass is 10.1. The quantitative estimate of drug-likeness (QED) is 0.792. The molecule has 2 amide bonds. The first-order valence-electron chi connectivity index (χ1n) is 6.26. The van der Waals surface area contributed by atoms with Gasteiger partial charge in [-0.3, -0.25) is 9.59 Å². The lowest BCUT2D eigenvalue weighted by Crippen LogP contribution is -2.37. The van der Waals surface area contributed by atoms with E-state index in [-0.39, 0.29) is 11.8 Å². The number of amides is 2. The van der Waals surface area contributed by atoms with Gasteiger partial charge in [0.2, 0.25) is 5.91 Å². The highest BCUT2D eigenvalue weighted by molar-refractivity contribution is 5.94. The van der Waals surface area contributed by atoms with E-state index < -0.39 is 0 Å². The summed E-state index contributed by atoms with van der Waals surface area (Å²) in [5.74, 6) is -0.147. The SMILES string of the molecule is C=CCN(CCNC(=O)c1ccc(C)cc1)C(C)=O. The van der Waals surface area contributed by atoms with Crippen molar-refractivity contribution in [2.24, 2.45) is 0 Å². The third kappa shape index (κ3) is 4.95. The first kappa shape index (κ1) is 15.0. The molecule has 1 N–H and O–H groups in total. The predicted molar refractivity (Wildman–Crippen MR) is 76.0 cm³/mol. The molecule has 0 heterocycles. The molecule has 0 aromatic heterocycles. The van der Waals surface area contributed by atoms with Gasteiger partial charge in [0.15, 0.2) is 0 Å².